The molecule has 3 N–H and O–H groups in total. The molecule has 0 aliphatic carbocycles. The van der Waals surface area contributed by atoms with Crippen molar-refractivity contribution in [3.8, 4) is 5.75 Å². The molecule has 1 rings (SSSR count). The monoisotopic (exact) mass is 301 g/mol. The zero-order valence-electron chi connectivity index (χ0n) is 9.60. The van der Waals surface area contributed by atoms with E-state index in [4.69, 9.17) is 0 Å². The first-order valence-corrected chi connectivity index (χ1v) is 6.11. The summed E-state index contributed by atoms with van der Waals surface area (Å²) in [7, 11) is 0. The Kier molecular flexibility index (Phi) is 5.11. The molecule has 94 valence electrons. The van der Waals surface area contributed by atoms with Crippen molar-refractivity contribution in [2.75, 3.05) is 13.2 Å². The summed E-state index contributed by atoms with van der Waals surface area (Å²) in [5.74, 6) is 0.109. The summed E-state index contributed by atoms with van der Waals surface area (Å²) in [6, 6.07) is 4.99. The van der Waals surface area contributed by atoms with Crippen molar-refractivity contribution in [1.29, 1.82) is 0 Å². The molecule has 0 aliphatic heterocycles. The highest BCUT2D eigenvalue weighted by Gasteiger charge is 2.24. The number of rotatable bonds is 5. The molecular weight excluding hydrogens is 286 g/mol. The van der Waals surface area contributed by atoms with E-state index in [1.807, 2.05) is 6.92 Å². The fourth-order valence-corrected chi connectivity index (χ4v) is 1.66. The van der Waals surface area contributed by atoms with Crippen LogP contribution in [0.4, 0.5) is 0 Å². The third-order valence-corrected chi connectivity index (χ3v) is 3.21. The second-order valence-corrected chi connectivity index (χ2v) is 4.77. The summed E-state index contributed by atoms with van der Waals surface area (Å²) in [4.78, 5) is 4.18. The summed E-state index contributed by atoms with van der Waals surface area (Å²) in [5.41, 5.74) is -0.339. The van der Waals surface area contributed by atoms with Crippen molar-refractivity contribution in [3.63, 3.8) is 0 Å². The molecule has 5 heteroatoms. The highest BCUT2D eigenvalue weighted by atomic mass is 79.9. The highest BCUT2D eigenvalue weighted by Crippen LogP contribution is 2.21. The van der Waals surface area contributed by atoms with Crippen molar-refractivity contribution >= 4 is 22.1 Å². The van der Waals surface area contributed by atoms with Gasteiger partial charge in [0.2, 0.25) is 0 Å². The SMILES string of the molecule is CCC(CO)(CO)N=Cc1cc(Br)ccc1O. The molecule has 0 radical (unpaired) electrons. The molecule has 1 aromatic rings. The van der Waals surface area contributed by atoms with E-state index in [0.717, 1.165) is 4.47 Å². The highest BCUT2D eigenvalue weighted by molar-refractivity contribution is 9.10. The van der Waals surface area contributed by atoms with Crippen LogP contribution in [-0.4, -0.2) is 40.3 Å². The number of aromatic hydroxyl groups is 1. The van der Waals surface area contributed by atoms with Gasteiger partial charge in [0, 0.05) is 16.3 Å². The van der Waals surface area contributed by atoms with Crippen LogP contribution >= 0.6 is 15.9 Å². The molecule has 0 spiro atoms. The van der Waals surface area contributed by atoms with Crippen LogP contribution in [0.2, 0.25) is 0 Å². The summed E-state index contributed by atoms with van der Waals surface area (Å²) < 4.78 is 0.826. The van der Waals surface area contributed by atoms with Crippen LogP contribution in [-0.2, 0) is 0 Å². The van der Waals surface area contributed by atoms with Crippen LogP contribution in [0.5, 0.6) is 5.75 Å². The lowest BCUT2D eigenvalue weighted by Crippen LogP contribution is -2.34. The lowest BCUT2D eigenvalue weighted by Gasteiger charge is -2.23. The van der Waals surface area contributed by atoms with Crippen molar-refractivity contribution in [2.24, 2.45) is 4.99 Å². The van der Waals surface area contributed by atoms with Gasteiger partial charge in [-0.2, -0.15) is 0 Å². The van der Waals surface area contributed by atoms with E-state index >= 15 is 0 Å². The number of nitrogens with zero attached hydrogens (tertiary/aromatic N) is 1. The number of halogens is 1. The van der Waals surface area contributed by atoms with E-state index in [1.165, 1.54) is 6.21 Å². The normalized spacial score (nSPS) is 12.2. The Morgan fingerprint density at radius 1 is 1.35 bits per heavy atom. The average molecular weight is 302 g/mol. The fraction of sp³-hybridized carbons (Fsp3) is 0.417. The molecule has 0 fully saturated rings. The van der Waals surface area contributed by atoms with Gasteiger partial charge in [-0.1, -0.05) is 22.9 Å². The van der Waals surface area contributed by atoms with Crippen molar-refractivity contribution in [2.45, 2.75) is 18.9 Å². The lowest BCUT2D eigenvalue weighted by atomic mass is 9.99. The van der Waals surface area contributed by atoms with Crippen LogP contribution < -0.4 is 0 Å². The fourth-order valence-electron chi connectivity index (χ4n) is 1.28. The number of benzene rings is 1. The third-order valence-electron chi connectivity index (χ3n) is 2.71. The van der Waals surface area contributed by atoms with Gasteiger partial charge in [-0.05, 0) is 24.6 Å². The van der Waals surface area contributed by atoms with Crippen LogP contribution in [0.3, 0.4) is 0 Å². The molecule has 0 aromatic heterocycles. The molecule has 0 saturated heterocycles. The molecular formula is C12H16BrNO3. The van der Waals surface area contributed by atoms with Crippen LogP contribution in [0.15, 0.2) is 27.7 Å². The van der Waals surface area contributed by atoms with E-state index in [9.17, 15) is 15.3 Å². The Balaban J connectivity index is 2.99. The first-order chi connectivity index (χ1) is 8.06. The smallest absolute Gasteiger partial charge is 0.124 e. The molecule has 0 unspecified atom stereocenters. The molecule has 0 atom stereocenters. The topological polar surface area (TPSA) is 73.0 Å². The Hall–Kier alpha value is -0.910. The molecule has 0 saturated carbocycles. The number of hydrogen-bond acceptors (Lipinski definition) is 4. The summed E-state index contributed by atoms with van der Waals surface area (Å²) >= 11 is 3.30. The van der Waals surface area contributed by atoms with E-state index in [-0.39, 0.29) is 19.0 Å². The number of hydrogen-bond donors (Lipinski definition) is 3. The quantitative estimate of drug-likeness (QED) is 0.725. The standard InChI is InChI=1S/C12H16BrNO3/c1-2-12(7-15,8-16)14-6-9-5-10(13)3-4-11(9)17/h3-6,15-17H,2,7-8H2,1H3. The zero-order valence-corrected chi connectivity index (χ0v) is 11.2. The molecule has 1 aromatic carbocycles. The summed E-state index contributed by atoms with van der Waals surface area (Å²) in [5, 5.41) is 28.1. The predicted octanol–water partition coefficient (Wildman–Crippen LogP) is 1.71. The van der Waals surface area contributed by atoms with Crippen molar-refractivity contribution < 1.29 is 15.3 Å². The minimum absolute atomic E-state index is 0.109. The Labute approximate surface area is 109 Å². The van der Waals surface area contributed by atoms with E-state index in [1.54, 1.807) is 18.2 Å². The minimum Gasteiger partial charge on any atom is -0.507 e. The minimum atomic E-state index is -0.880. The Morgan fingerprint density at radius 2 is 2.00 bits per heavy atom. The second kappa shape index (κ2) is 6.14. The molecule has 4 nitrogen and oxygen atoms in total. The van der Waals surface area contributed by atoms with Crippen molar-refractivity contribution in [1.82, 2.24) is 0 Å². The second-order valence-electron chi connectivity index (χ2n) is 3.86. The Bertz CT molecular complexity index is 394. The van der Waals surface area contributed by atoms with Crippen molar-refractivity contribution in [3.05, 3.63) is 28.2 Å². The molecule has 0 amide bonds. The number of aliphatic imine (C=N–C) groups is 1. The van der Waals surface area contributed by atoms with E-state index in [0.29, 0.717) is 12.0 Å². The maximum Gasteiger partial charge on any atom is 0.124 e. The van der Waals surface area contributed by atoms with Gasteiger partial charge in [0.15, 0.2) is 0 Å². The predicted molar refractivity (Wildman–Crippen MR) is 70.6 cm³/mol. The van der Waals surface area contributed by atoms with Gasteiger partial charge < -0.3 is 15.3 Å². The number of aliphatic hydroxyl groups excluding tert-OH is 2. The molecule has 0 aliphatic rings. The summed E-state index contributed by atoms with van der Waals surface area (Å²) in [6.45, 7) is 1.38. The maximum absolute atomic E-state index is 9.61. The van der Waals surface area contributed by atoms with Gasteiger partial charge in [-0.25, -0.2) is 0 Å². The van der Waals surface area contributed by atoms with E-state index < -0.39 is 5.54 Å². The maximum atomic E-state index is 9.61. The number of phenols is 1. The van der Waals surface area contributed by atoms with Gasteiger partial charge in [-0.3, -0.25) is 4.99 Å². The van der Waals surface area contributed by atoms with Crippen LogP contribution in [0.1, 0.15) is 18.9 Å². The average Bonchev–Trinajstić information content (AvgIpc) is 2.35. The first kappa shape index (κ1) is 14.2. The lowest BCUT2D eigenvalue weighted by molar-refractivity contribution is 0.120. The van der Waals surface area contributed by atoms with Gasteiger partial charge in [-0.15, -0.1) is 0 Å². The Morgan fingerprint density at radius 3 is 2.53 bits per heavy atom. The van der Waals surface area contributed by atoms with Crippen LogP contribution in [0.25, 0.3) is 0 Å². The van der Waals surface area contributed by atoms with Gasteiger partial charge in [0.1, 0.15) is 11.3 Å². The summed E-state index contributed by atoms with van der Waals surface area (Å²) in [6.07, 6.45) is 1.99. The number of aliphatic hydroxyl groups is 2. The largest absolute Gasteiger partial charge is 0.507 e. The van der Waals surface area contributed by atoms with Gasteiger partial charge in [0.05, 0.1) is 13.2 Å². The third kappa shape index (κ3) is 3.52. The molecule has 0 bridgehead atoms. The number of phenolic OH excluding ortho intramolecular Hbond substituents is 1. The van der Waals surface area contributed by atoms with Gasteiger partial charge in [0.25, 0.3) is 0 Å². The first-order valence-electron chi connectivity index (χ1n) is 5.32. The van der Waals surface area contributed by atoms with Gasteiger partial charge >= 0.3 is 0 Å². The zero-order chi connectivity index (χ0) is 12.9. The van der Waals surface area contributed by atoms with E-state index in [2.05, 4.69) is 20.9 Å². The molecule has 17 heavy (non-hydrogen) atoms. The van der Waals surface area contributed by atoms with Crippen LogP contribution in [0, 0.1) is 0 Å². The molecule has 0 heterocycles.